The molecule has 166 valence electrons. The highest BCUT2D eigenvalue weighted by Crippen LogP contribution is 2.23. The van der Waals surface area contributed by atoms with E-state index < -0.39 is 24.0 Å². The molecule has 9 heteroatoms. The molecule has 8 nitrogen and oxygen atoms in total. The minimum atomic E-state index is -1.66. The highest BCUT2D eigenvalue weighted by molar-refractivity contribution is 6.30. The van der Waals surface area contributed by atoms with Crippen LogP contribution in [-0.4, -0.2) is 45.2 Å². The molecule has 0 fully saturated rings. The summed E-state index contributed by atoms with van der Waals surface area (Å²) in [5, 5.41) is 25.7. The van der Waals surface area contributed by atoms with Gasteiger partial charge in [-0.25, -0.2) is 4.79 Å². The van der Waals surface area contributed by atoms with Crippen molar-refractivity contribution in [3.05, 3.63) is 76.6 Å². The Morgan fingerprint density at radius 2 is 1.81 bits per heavy atom. The van der Waals surface area contributed by atoms with Gasteiger partial charge in [-0.2, -0.15) is 0 Å². The van der Waals surface area contributed by atoms with Gasteiger partial charge in [-0.15, -0.1) is 0 Å². The van der Waals surface area contributed by atoms with E-state index in [2.05, 4.69) is 10.5 Å². The van der Waals surface area contributed by atoms with Crippen molar-refractivity contribution in [2.24, 2.45) is 0 Å². The van der Waals surface area contributed by atoms with Crippen molar-refractivity contribution >= 4 is 29.3 Å². The summed E-state index contributed by atoms with van der Waals surface area (Å²) in [6.07, 6.45) is -1.61. The fourth-order valence-electron chi connectivity index (χ4n) is 3.15. The number of carboxylic acids is 1. The number of halogens is 1. The fraction of sp³-hybridized carbons (Fsp3) is 0.217. The monoisotopic (exact) mass is 456 g/mol. The molecule has 2 atom stereocenters. The number of benzene rings is 2. The molecule has 1 aromatic heterocycles. The van der Waals surface area contributed by atoms with Gasteiger partial charge in [-0.05, 0) is 35.2 Å². The third-order valence-electron chi connectivity index (χ3n) is 4.82. The normalized spacial score (nSPS) is 12.7. The lowest BCUT2D eigenvalue weighted by atomic mass is 9.97. The molecule has 3 aromatic rings. The van der Waals surface area contributed by atoms with E-state index in [4.69, 9.17) is 21.2 Å². The van der Waals surface area contributed by atoms with Gasteiger partial charge >= 0.3 is 5.97 Å². The van der Waals surface area contributed by atoms with Crippen LogP contribution in [0.1, 0.15) is 40.0 Å². The molecule has 0 saturated heterocycles. The quantitative estimate of drug-likeness (QED) is 0.421. The number of carbonyl (C=O) groups excluding carboxylic acids is 2. The van der Waals surface area contributed by atoms with Crippen LogP contribution in [-0.2, 0) is 11.2 Å². The van der Waals surface area contributed by atoms with Gasteiger partial charge in [0.05, 0.1) is 0 Å². The van der Waals surface area contributed by atoms with Gasteiger partial charge in [0.2, 0.25) is 5.76 Å². The predicted octanol–water partition coefficient (Wildman–Crippen LogP) is 3.37. The summed E-state index contributed by atoms with van der Waals surface area (Å²) in [6.45, 7) is 1.29. The molecule has 0 bridgehead atoms. The zero-order chi connectivity index (χ0) is 23.3. The number of amides is 1. The average Bonchev–Trinajstić information content (AvgIpc) is 3.25. The van der Waals surface area contributed by atoms with Crippen molar-refractivity contribution in [1.29, 1.82) is 0 Å². The predicted molar refractivity (Wildman–Crippen MR) is 117 cm³/mol. The Bertz CT molecular complexity index is 1130. The van der Waals surface area contributed by atoms with Gasteiger partial charge in [0.15, 0.2) is 11.9 Å². The largest absolute Gasteiger partial charge is 0.479 e. The topological polar surface area (TPSA) is 130 Å². The summed E-state index contributed by atoms with van der Waals surface area (Å²) >= 11 is 6.04. The zero-order valence-electron chi connectivity index (χ0n) is 17.1. The van der Waals surface area contributed by atoms with Crippen molar-refractivity contribution in [2.45, 2.75) is 31.9 Å². The van der Waals surface area contributed by atoms with Gasteiger partial charge in [0, 0.05) is 30.5 Å². The van der Waals surface area contributed by atoms with Crippen LogP contribution in [0.5, 0.6) is 0 Å². The van der Waals surface area contributed by atoms with Gasteiger partial charge in [0.25, 0.3) is 5.91 Å². The summed E-state index contributed by atoms with van der Waals surface area (Å²) in [6, 6.07) is 15.4. The van der Waals surface area contributed by atoms with E-state index >= 15 is 0 Å². The summed E-state index contributed by atoms with van der Waals surface area (Å²) in [7, 11) is 0. The number of carbonyl (C=O) groups is 3. The number of aromatic nitrogens is 1. The molecule has 0 aliphatic rings. The molecule has 2 aromatic carbocycles. The van der Waals surface area contributed by atoms with Crippen LogP contribution in [0.25, 0.3) is 11.1 Å². The molecule has 0 aliphatic heterocycles. The highest BCUT2D eigenvalue weighted by atomic mass is 35.5. The Morgan fingerprint density at radius 3 is 2.41 bits per heavy atom. The first-order valence-corrected chi connectivity index (χ1v) is 10.1. The first kappa shape index (κ1) is 23.2. The maximum atomic E-state index is 12.5. The molecule has 1 amide bonds. The first-order chi connectivity index (χ1) is 15.2. The lowest BCUT2D eigenvalue weighted by Gasteiger charge is -2.20. The zero-order valence-corrected chi connectivity index (χ0v) is 17.9. The number of aliphatic carboxylic acids is 1. The molecular weight excluding hydrogens is 436 g/mol. The summed E-state index contributed by atoms with van der Waals surface area (Å²) in [5.74, 6) is -2.59. The van der Waals surface area contributed by atoms with Crippen molar-refractivity contribution in [1.82, 2.24) is 10.5 Å². The van der Waals surface area contributed by atoms with E-state index in [1.165, 1.54) is 13.0 Å². The van der Waals surface area contributed by atoms with E-state index in [0.717, 1.165) is 16.7 Å². The molecule has 3 N–H and O–H groups in total. The number of hydrogen-bond donors (Lipinski definition) is 3. The van der Waals surface area contributed by atoms with E-state index in [1.54, 1.807) is 6.07 Å². The third kappa shape index (κ3) is 6.03. The van der Waals surface area contributed by atoms with Crippen LogP contribution in [0.4, 0.5) is 0 Å². The summed E-state index contributed by atoms with van der Waals surface area (Å²) in [4.78, 5) is 35.0. The van der Waals surface area contributed by atoms with Crippen LogP contribution in [0.2, 0.25) is 5.02 Å². The Labute approximate surface area is 188 Å². The smallest absolute Gasteiger partial charge is 0.332 e. The highest BCUT2D eigenvalue weighted by Gasteiger charge is 2.24. The number of aliphatic hydroxyl groups is 1. The lowest BCUT2D eigenvalue weighted by molar-refractivity contribution is -0.147. The molecule has 1 heterocycles. The van der Waals surface area contributed by atoms with Gasteiger partial charge in [-0.3, -0.25) is 9.59 Å². The number of nitrogens with zero attached hydrogens (tertiary/aromatic N) is 1. The summed E-state index contributed by atoms with van der Waals surface area (Å²) < 4.78 is 4.89. The Morgan fingerprint density at radius 1 is 1.09 bits per heavy atom. The number of rotatable bonds is 9. The second-order valence-corrected chi connectivity index (χ2v) is 7.74. The number of aliphatic hydroxyl groups excluding tert-OH is 1. The van der Waals surface area contributed by atoms with Crippen LogP contribution in [0.3, 0.4) is 0 Å². The van der Waals surface area contributed by atoms with Crippen LogP contribution in [0.15, 0.2) is 59.1 Å². The molecule has 32 heavy (non-hydrogen) atoms. The second kappa shape index (κ2) is 10.2. The second-order valence-electron chi connectivity index (χ2n) is 7.30. The minimum absolute atomic E-state index is 0.00822. The van der Waals surface area contributed by atoms with Crippen molar-refractivity contribution in [3.63, 3.8) is 0 Å². The van der Waals surface area contributed by atoms with Crippen molar-refractivity contribution < 1.29 is 29.1 Å². The number of ketones is 1. The molecule has 0 spiro atoms. The van der Waals surface area contributed by atoms with E-state index in [9.17, 15) is 19.5 Å². The standard InChI is InChI=1S/C23H21ClN2O6/c1-13(27)19-12-21(32-26-19)22(29)25-18(11-20(28)23(30)31)9-14-5-7-15(8-6-14)16-3-2-4-17(24)10-16/h2-8,10,12,18,20,28H,9,11H2,1H3,(H,25,29)(H,30,31)/t18-,20-/m1/s1. The average molecular weight is 457 g/mol. The van der Waals surface area contributed by atoms with Crippen LogP contribution >= 0.6 is 11.6 Å². The molecular formula is C23H21ClN2O6. The maximum Gasteiger partial charge on any atom is 0.332 e. The van der Waals surface area contributed by atoms with Gasteiger partial charge in [0.1, 0.15) is 5.69 Å². The first-order valence-electron chi connectivity index (χ1n) is 9.77. The molecule has 3 rings (SSSR count). The molecule has 0 unspecified atom stereocenters. The molecule has 0 radical (unpaired) electrons. The Kier molecular flexibility index (Phi) is 7.40. The van der Waals surface area contributed by atoms with Crippen molar-refractivity contribution in [3.8, 4) is 11.1 Å². The van der Waals surface area contributed by atoms with E-state index in [0.29, 0.717) is 5.02 Å². The van der Waals surface area contributed by atoms with Crippen LogP contribution in [0, 0.1) is 0 Å². The molecule has 0 aliphatic carbocycles. The van der Waals surface area contributed by atoms with Crippen LogP contribution < -0.4 is 5.32 Å². The number of hydrogen-bond acceptors (Lipinski definition) is 6. The SMILES string of the molecule is CC(=O)c1cc(C(=O)N[C@H](Cc2ccc(-c3cccc(Cl)c3)cc2)C[C@@H](O)C(=O)O)on1. The molecule has 0 saturated carbocycles. The number of carboxylic acid groups (broad SMARTS) is 1. The van der Waals surface area contributed by atoms with Crippen molar-refractivity contribution in [2.75, 3.05) is 0 Å². The van der Waals surface area contributed by atoms with E-state index in [1.807, 2.05) is 42.5 Å². The summed E-state index contributed by atoms with van der Waals surface area (Å²) in [5.41, 5.74) is 2.72. The minimum Gasteiger partial charge on any atom is -0.479 e. The fourth-order valence-corrected chi connectivity index (χ4v) is 3.34. The van der Waals surface area contributed by atoms with Gasteiger partial charge < -0.3 is 20.1 Å². The Balaban J connectivity index is 1.75. The maximum absolute atomic E-state index is 12.5. The number of Topliss-reactive ketones (excluding diaryl/α,β-unsaturated/α-hetero) is 1. The third-order valence-corrected chi connectivity index (χ3v) is 5.05. The Hall–Kier alpha value is -3.49. The van der Waals surface area contributed by atoms with Gasteiger partial charge in [-0.1, -0.05) is 53.2 Å². The number of nitrogens with one attached hydrogen (secondary N) is 1. The lowest BCUT2D eigenvalue weighted by Crippen LogP contribution is -2.40. The van der Waals surface area contributed by atoms with E-state index in [-0.39, 0.29) is 30.1 Å².